The zero-order valence-corrected chi connectivity index (χ0v) is 7.66. The first kappa shape index (κ1) is 10.0. The molecule has 0 aromatic heterocycles. The molecular weight excluding hydrogens is 168 g/mol. The van der Waals surface area contributed by atoms with Crippen LogP contribution in [0.3, 0.4) is 0 Å². The number of ether oxygens (including phenoxy) is 1. The van der Waals surface area contributed by atoms with Crippen molar-refractivity contribution in [3.05, 3.63) is 29.3 Å². The number of rotatable bonds is 4. The van der Waals surface area contributed by atoms with Gasteiger partial charge in [0.25, 0.3) is 0 Å². The number of para-hydroxylation sites is 1. The lowest BCUT2D eigenvalue weighted by Gasteiger charge is -2.07. The summed E-state index contributed by atoms with van der Waals surface area (Å²) in [6.45, 7) is 0.440. The molecule has 0 aliphatic rings. The molecule has 0 bridgehead atoms. The molecule has 0 saturated carbocycles. The van der Waals surface area contributed by atoms with Gasteiger partial charge in [0.15, 0.2) is 0 Å². The molecule has 1 aromatic carbocycles. The summed E-state index contributed by atoms with van der Waals surface area (Å²) in [5.41, 5.74) is 1.52. The van der Waals surface area contributed by atoms with Crippen molar-refractivity contribution in [3.8, 4) is 5.75 Å². The van der Waals surface area contributed by atoms with Gasteiger partial charge in [-0.2, -0.15) is 0 Å². The molecule has 0 heterocycles. The minimum Gasteiger partial charge on any atom is -0.507 e. The normalized spacial score (nSPS) is 10.3. The van der Waals surface area contributed by atoms with Gasteiger partial charge >= 0.3 is 0 Å². The summed E-state index contributed by atoms with van der Waals surface area (Å²) in [4.78, 5) is 0. The third-order valence-electron chi connectivity index (χ3n) is 1.88. The van der Waals surface area contributed by atoms with Crippen LogP contribution in [0.4, 0.5) is 0 Å². The maximum Gasteiger partial charge on any atom is 0.124 e. The zero-order valence-electron chi connectivity index (χ0n) is 7.66. The number of methoxy groups -OCH3 is 1. The van der Waals surface area contributed by atoms with E-state index in [0.717, 1.165) is 11.1 Å². The molecule has 0 aliphatic heterocycles. The maximum atomic E-state index is 9.66. The average molecular weight is 182 g/mol. The Bertz CT molecular complexity index is 247. The second-order valence-electron chi connectivity index (χ2n) is 2.83. The molecule has 0 amide bonds. The lowest BCUT2D eigenvalue weighted by atomic mass is 10.1. The van der Waals surface area contributed by atoms with Crippen LogP contribution in [0.5, 0.6) is 5.75 Å². The van der Waals surface area contributed by atoms with Gasteiger partial charge in [0.1, 0.15) is 5.75 Å². The van der Waals surface area contributed by atoms with Gasteiger partial charge in [0.05, 0.1) is 6.61 Å². The van der Waals surface area contributed by atoms with Crippen molar-refractivity contribution in [1.29, 1.82) is 0 Å². The Morgan fingerprint density at radius 1 is 1.31 bits per heavy atom. The van der Waals surface area contributed by atoms with E-state index in [0.29, 0.717) is 13.0 Å². The highest BCUT2D eigenvalue weighted by atomic mass is 16.5. The molecule has 72 valence electrons. The van der Waals surface area contributed by atoms with Gasteiger partial charge in [0, 0.05) is 19.3 Å². The molecule has 2 N–H and O–H groups in total. The van der Waals surface area contributed by atoms with Crippen molar-refractivity contribution >= 4 is 0 Å². The zero-order chi connectivity index (χ0) is 9.68. The van der Waals surface area contributed by atoms with Crippen molar-refractivity contribution in [2.45, 2.75) is 13.0 Å². The lowest BCUT2D eigenvalue weighted by Crippen LogP contribution is -1.95. The van der Waals surface area contributed by atoms with Crippen LogP contribution in [-0.4, -0.2) is 23.9 Å². The predicted molar refractivity (Wildman–Crippen MR) is 49.6 cm³/mol. The van der Waals surface area contributed by atoms with Crippen molar-refractivity contribution in [3.63, 3.8) is 0 Å². The number of aromatic hydroxyl groups is 1. The number of hydrogen-bond donors (Lipinski definition) is 2. The molecule has 0 unspecified atom stereocenters. The second-order valence-corrected chi connectivity index (χ2v) is 2.83. The van der Waals surface area contributed by atoms with Crippen LogP contribution in [-0.2, 0) is 17.8 Å². The SMILES string of the molecule is COCc1cccc(CCO)c1O. The average Bonchev–Trinajstić information content (AvgIpc) is 2.13. The van der Waals surface area contributed by atoms with E-state index >= 15 is 0 Å². The van der Waals surface area contributed by atoms with E-state index in [1.807, 2.05) is 6.07 Å². The molecule has 3 nitrogen and oxygen atoms in total. The number of aliphatic hydroxyl groups excluding tert-OH is 1. The summed E-state index contributed by atoms with van der Waals surface area (Å²) >= 11 is 0. The van der Waals surface area contributed by atoms with Crippen LogP contribution in [0.25, 0.3) is 0 Å². The number of phenols is 1. The summed E-state index contributed by atoms with van der Waals surface area (Å²) < 4.78 is 4.92. The summed E-state index contributed by atoms with van der Waals surface area (Å²) in [6, 6.07) is 5.45. The quantitative estimate of drug-likeness (QED) is 0.732. The lowest BCUT2D eigenvalue weighted by molar-refractivity contribution is 0.181. The molecule has 0 radical (unpaired) electrons. The minimum absolute atomic E-state index is 0.0456. The Balaban J connectivity index is 2.89. The van der Waals surface area contributed by atoms with E-state index in [1.165, 1.54) is 0 Å². The van der Waals surface area contributed by atoms with Gasteiger partial charge in [-0.15, -0.1) is 0 Å². The van der Waals surface area contributed by atoms with E-state index in [9.17, 15) is 5.11 Å². The molecule has 13 heavy (non-hydrogen) atoms. The first-order valence-electron chi connectivity index (χ1n) is 4.19. The number of hydrogen-bond acceptors (Lipinski definition) is 3. The number of phenolic OH excluding ortho intramolecular Hbond substituents is 1. The Hall–Kier alpha value is -1.06. The largest absolute Gasteiger partial charge is 0.507 e. The van der Waals surface area contributed by atoms with E-state index in [1.54, 1.807) is 19.2 Å². The van der Waals surface area contributed by atoms with Crippen LogP contribution in [0.15, 0.2) is 18.2 Å². The second kappa shape index (κ2) is 4.84. The summed E-state index contributed by atoms with van der Waals surface area (Å²) in [7, 11) is 1.58. The van der Waals surface area contributed by atoms with Gasteiger partial charge in [0.2, 0.25) is 0 Å². The van der Waals surface area contributed by atoms with E-state index in [4.69, 9.17) is 9.84 Å². The first-order valence-corrected chi connectivity index (χ1v) is 4.19. The standard InChI is InChI=1S/C10H14O3/c1-13-7-9-4-2-3-8(5-6-11)10(9)12/h2-4,11-12H,5-7H2,1H3. The van der Waals surface area contributed by atoms with Crippen molar-refractivity contribution in [1.82, 2.24) is 0 Å². The Kier molecular flexibility index (Phi) is 3.73. The predicted octanol–water partition coefficient (Wildman–Crippen LogP) is 1.07. The molecule has 0 atom stereocenters. The third-order valence-corrected chi connectivity index (χ3v) is 1.88. The summed E-state index contributed by atoms with van der Waals surface area (Å²) in [6.07, 6.45) is 0.476. The molecule has 1 aromatic rings. The van der Waals surface area contributed by atoms with E-state index < -0.39 is 0 Å². The number of aliphatic hydroxyl groups is 1. The molecular formula is C10H14O3. The van der Waals surface area contributed by atoms with Crippen LogP contribution in [0, 0.1) is 0 Å². The highest BCUT2D eigenvalue weighted by Gasteiger charge is 2.05. The monoisotopic (exact) mass is 182 g/mol. The topological polar surface area (TPSA) is 49.7 Å². The fourth-order valence-corrected chi connectivity index (χ4v) is 1.24. The van der Waals surface area contributed by atoms with Gasteiger partial charge in [-0.25, -0.2) is 0 Å². The van der Waals surface area contributed by atoms with Crippen LogP contribution >= 0.6 is 0 Å². The summed E-state index contributed by atoms with van der Waals surface area (Å²) in [5, 5.41) is 18.4. The Morgan fingerprint density at radius 2 is 2.00 bits per heavy atom. The minimum atomic E-state index is 0.0456. The van der Waals surface area contributed by atoms with Gasteiger partial charge < -0.3 is 14.9 Å². The van der Waals surface area contributed by atoms with Crippen LogP contribution in [0.1, 0.15) is 11.1 Å². The highest BCUT2D eigenvalue weighted by Crippen LogP contribution is 2.23. The molecule has 0 fully saturated rings. The van der Waals surface area contributed by atoms with Crippen molar-refractivity contribution < 1.29 is 14.9 Å². The smallest absolute Gasteiger partial charge is 0.124 e. The molecule has 1 rings (SSSR count). The van der Waals surface area contributed by atoms with E-state index in [2.05, 4.69) is 0 Å². The fraction of sp³-hybridized carbons (Fsp3) is 0.400. The molecule has 3 heteroatoms. The van der Waals surface area contributed by atoms with Gasteiger partial charge in [-0.3, -0.25) is 0 Å². The molecule has 0 saturated heterocycles. The summed E-state index contributed by atoms with van der Waals surface area (Å²) in [5.74, 6) is 0.235. The van der Waals surface area contributed by atoms with E-state index in [-0.39, 0.29) is 12.4 Å². The first-order chi connectivity index (χ1) is 6.29. The Morgan fingerprint density at radius 3 is 2.62 bits per heavy atom. The third kappa shape index (κ3) is 2.44. The van der Waals surface area contributed by atoms with Crippen molar-refractivity contribution in [2.75, 3.05) is 13.7 Å². The van der Waals surface area contributed by atoms with Crippen molar-refractivity contribution in [2.24, 2.45) is 0 Å². The molecule has 0 spiro atoms. The number of benzene rings is 1. The maximum absolute atomic E-state index is 9.66. The fourth-order valence-electron chi connectivity index (χ4n) is 1.24. The van der Waals surface area contributed by atoms with Gasteiger partial charge in [-0.05, 0) is 12.0 Å². The van der Waals surface area contributed by atoms with Crippen LogP contribution < -0.4 is 0 Å². The molecule has 0 aliphatic carbocycles. The Labute approximate surface area is 77.6 Å². The highest BCUT2D eigenvalue weighted by molar-refractivity contribution is 5.40. The van der Waals surface area contributed by atoms with Gasteiger partial charge in [-0.1, -0.05) is 18.2 Å². The van der Waals surface area contributed by atoms with Crippen LogP contribution in [0.2, 0.25) is 0 Å².